The summed E-state index contributed by atoms with van der Waals surface area (Å²) >= 11 is -1.19. The van der Waals surface area contributed by atoms with E-state index in [-0.39, 0.29) is 13.2 Å². The van der Waals surface area contributed by atoms with E-state index < -0.39 is 46.9 Å². The molecule has 4 unspecified atom stereocenters. The van der Waals surface area contributed by atoms with E-state index in [2.05, 4.69) is 5.32 Å². The molecular formula is C7H15NO5Sb. The van der Waals surface area contributed by atoms with E-state index in [1.165, 1.54) is 0 Å². The van der Waals surface area contributed by atoms with Crippen LogP contribution in [0.2, 0.25) is 0 Å². The summed E-state index contributed by atoms with van der Waals surface area (Å²) in [5.74, 6) is 0. The third-order valence-corrected chi connectivity index (χ3v) is 3.99. The molecule has 7 heteroatoms. The molecule has 0 bridgehead atoms. The molecule has 0 aliphatic carbocycles. The van der Waals surface area contributed by atoms with Gasteiger partial charge in [-0.05, 0) is 0 Å². The molecule has 0 spiro atoms. The van der Waals surface area contributed by atoms with Gasteiger partial charge in [0.25, 0.3) is 0 Å². The van der Waals surface area contributed by atoms with Gasteiger partial charge in [0, 0.05) is 0 Å². The third kappa shape index (κ3) is 3.03. The van der Waals surface area contributed by atoms with Gasteiger partial charge in [-0.1, -0.05) is 0 Å². The van der Waals surface area contributed by atoms with Gasteiger partial charge in [-0.25, -0.2) is 0 Å². The molecule has 0 aromatic heterocycles. The van der Waals surface area contributed by atoms with Crippen molar-refractivity contribution >= 4 is 22.5 Å². The van der Waals surface area contributed by atoms with Gasteiger partial charge in [-0.15, -0.1) is 0 Å². The molecule has 14 heavy (non-hydrogen) atoms. The Morgan fingerprint density at radius 3 is 2.71 bits per heavy atom. The summed E-state index contributed by atoms with van der Waals surface area (Å²) in [6.45, 7) is 0.0891. The van der Waals surface area contributed by atoms with Crippen LogP contribution < -0.4 is 5.32 Å². The van der Waals surface area contributed by atoms with Crippen molar-refractivity contribution in [2.75, 3.05) is 20.2 Å². The van der Waals surface area contributed by atoms with Crippen LogP contribution in [0.25, 0.3) is 0 Å². The first kappa shape index (κ1) is 12.6. The van der Waals surface area contributed by atoms with Gasteiger partial charge in [-0.2, -0.15) is 0 Å². The predicted octanol–water partition coefficient (Wildman–Crippen LogP) is -2.76. The number of nitrogens with one attached hydrogen (secondary N) is 1. The minimum absolute atomic E-state index is 0.191. The summed E-state index contributed by atoms with van der Waals surface area (Å²) < 4.78 is 10.4. The SMILES string of the molecule is CNCC(O)C(O)C1[O][Sb][O]C1CO. The maximum absolute atomic E-state index is 9.67. The van der Waals surface area contributed by atoms with Crippen molar-refractivity contribution < 1.29 is 21.4 Å². The zero-order chi connectivity index (χ0) is 10.6. The fraction of sp³-hybridized carbons (Fsp3) is 1.00. The molecule has 4 N–H and O–H groups in total. The van der Waals surface area contributed by atoms with Gasteiger partial charge in [0.15, 0.2) is 0 Å². The first-order valence-electron chi connectivity index (χ1n) is 4.34. The predicted molar refractivity (Wildman–Crippen MR) is 48.5 cm³/mol. The molecule has 1 fully saturated rings. The summed E-state index contributed by atoms with van der Waals surface area (Å²) in [6.07, 6.45) is -3.01. The summed E-state index contributed by atoms with van der Waals surface area (Å²) in [6, 6.07) is 0. The second kappa shape index (κ2) is 6.22. The quantitative estimate of drug-likeness (QED) is 0.411. The number of rotatable bonds is 5. The van der Waals surface area contributed by atoms with Crippen molar-refractivity contribution in [2.24, 2.45) is 0 Å². The van der Waals surface area contributed by atoms with Crippen LogP contribution in [0.3, 0.4) is 0 Å². The Bertz CT molecular complexity index is 172. The number of aliphatic hydroxyl groups is 3. The van der Waals surface area contributed by atoms with Crippen molar-refractivity contribution in [1.82, 2.24) is 5.32 Å². The molecule has 83 valence electrons. The second-order valence-electron chi connectivity index (χ2n) is 3.09. The standard InChI is InChI=1S/C7H15NO5.Sb/c1-8-2-4(10)6(12)7(13)5(11)3-9;/h4-10,12H,2-3H2,1H3;/q-2;+2. The maximum atomic E-state index is 9.67. The topological polar surface area (TPSA) is 91.2 Å². The van der Waals surface area contributed by atoms with Gasteiger partial charge in [0.1, 0.15) is 0 Å². The summed E-state index contributed by atoms with van der Waals surface area (Å²) in [5.41, 5.74) is 0. The van der Waals surface area contributed by atoms with E-state index in [0.717, 1.165) is 0 Å². The van der Waals surface area contributed by atoms with Gasteiger partial charge in [0.05, 0.1) is 0 Å². The van der Waals surface area contributed by atoms with E-state index in [0.29, 0.717) is 0 Å². The average Bonchev–Trinajstić information content (AvgIpc) is 2.64. The summed E-state index contributed by atoms with van der Waals surface area (Å²) in [4.78, 5) is 0. The Hall–Kier alpha value is 0.578. The summed E-state index contributed by atoms with van der Waals surface area (Å²) in [7, 11) is 1.68. The Balaban J connectivity index is 2.45. The van der Waals surface area contributed by atoms with Crippen LogP contribution >= 0.6 is 0 Å². The molecule has 1 aliphatic heterocycles. The van der Waals surface area contributed by atoms with Crippen LogP contribution in [0.15, 0.2) is 0 Å². The van der Waals surface area contributed by atoms with Gasteiger partial charge < -0.3 is 0 Å². The molecular weight excluding hydrogens is 300 g/mol. The fourth-order valence-corrected chi connectivity index (χ4v) is 3.24. The number of hydrogen-bond acceptors (Lipinski definition) is 6. The zero-order valence-electron chi connectivity index (χ0n) is 7.83. The number of likely N-dealkylation sites (N-methyl/N-ethyl adjacent to an activating group) is 1. The minimum atomic E-state index is -1.19. The molecule has 1 saturated heterocycles. The molecule has 0 aromatic rings. The van der Waals surface area contributed by atoms with Crippen LogP contribution in [0.1, 0.15) is 0 Å². The molecule has 0 amide bonds. The fourth-order valence-electron chi connectivity index (χ4n) is 1.23. The molecule has 0 saturated carbocycles. The van der Waals surface area contributed by atoms with Crippen LogP contribution in [-0.4, -0.2) is 82.4 Å². The molecule has 1 heterocycles. The monoisotopic (exact) mass is 314 g/mol. The second-order valence-corrected chi connectivity index (χ2v) is 4.72. The van der Waals surface area contributed by atoms with Crippen molar-refractivity contribution in [3.63, 3.8) is 0 Å². The van der Waals surface area contributed by atoms with Gasteiger partial charge in [0.2, 0.25) is 0 Å². The number of aliphatic hydroxyl groups excluding tert-OH is 3. The van der Waals surface area contributed by atoms with E-state index in [1.807, 2.05) is 0 Å². The molecule has 6 nitrogen and oxygen atoms in total. The Labute approximate surface area is 93.9 Å². The van der Waals surface area contributed by atoms with E-state index in [4.69, 9.17) is 11.1 Å². The molecule has 1 rings (SSSR count). The molecule has 1 radical (unpaired) electrons. The molecule has 4 atom stereocenters. The van der Waals surface area contributed by atoms with Crippen molar-refractivity contribution in [2.45, 2.75) is 24.4 Å². The zero-order valence-corrected chi connectivity index (χ0v) is 10.4. The third-order valence-electron chi connectivity index (χ3n) is 2.03. The first-order valence-corrected chi connectivity index (χ1v) is 6.42. The van der Waals surface area contributed by atoms with Crippen LogP contribution in [0.5, 0.6) is 0 Å². The first-order chi connectivity index (χ1) is 6.70. The Morgan fingerprint density at radius 1 is 1.43 bits per heavy atom. The Morgan fingerprint density at radius 2 is 2.14 bits per heavy atom. The van der Waals surface area contributed by atoms with Crippen molar-refractivity contribution in [3.05, 3.63) is 0 Å². The van der Waals surface area contributed by atoms with Crippen LogP contribution in [0.4, 0.5) is 0 Å². The molecule has 0 aromatic carbocycles. The van der Waals surface area contributed by atoms with E-state index in [9.17, 15) is 10.2 Å². The van der Waals surface area contributed by atoms with E-state index >= 15 is 0 Å². The van der Waals surface area contributed by atoms with E-state index in [1.54, 1.807) is 7.05 Å². The van der Waals surface area contributed by atoms with Gasteiger partial charge >= 0.3 is 93.7 Å². The molecule has 1 aliphatic rings. The normalized spacial score (nSPS) is 31.7. The Kier molecular flexibility index (Phi) is 5.62. The van der Waals surface area contributed by atoms with Crippen LogP contribution in [-0.2, 0) is 6.03 Å². The van der Waals surface area contributed by atoms with Crippen LogP contribution in [0, 0.1) is 0 Å². The number of hydrogen-bond donors (Lipinski definition) is 4. The van der Waals surface area contributed by atoms with Gasteiger partial charge in [-0.3, -0.25) is 0 Å². The van der Waals surface area contributed by atoms with Crippen molar-refractivity contribution in [3.8, 4) is 0 Å². The average molecular weight is 315 g/mol. The summed E-state index contributed by atoms with van der Waals surface area (Å²) in [5, 5.41) is 30.8. The van der Waals surface area contributed by atoms with Crippen molar-refractivity contribution in [1.29, 1.82) is 0 Å².